The molecule has 0 rings (SSSR count). The highest BCUT2D eigenvalue weighted by Crippen LogP contribution is 2.03. The average molecular weight is 283 g/mol. The second kappa shape index (κ2) is 7.54. The fraction of sp³-hybridized carbons (Fsp3) is 0.778. The van der Waals surface area contributed by atoms with Crippen LogP contribution in [0.4, 0.5) is 0 Å². The van der Waals surface area contributed by atoms with Gasteiger partial charge in [0.15, 0.2) is 9.84 Å². The zero-order chi connectivity index (χ0) is 13.5. The van der Waals surface area contributed by atoms with Gasteiger partial charge in [0.1, 0.15) is 6.04 Å². The summed E-state index contributed by atoms with van der Waals surface area (Å²) in [6.45, 7) is 3.06. The van der Waals surface area contributed by atoms with E-state index in [1.807, 2.05) is 6.92 Å². The van der Waals surface area contributed by atoms with Crippen molar-refractivity contribution in [1.29, 1.82) is 0 Å². The lowest BCUT2D eigenvalue weighted by Gasteiger charge is -2.13. The number of aliphatic carboxylic acids is 1. The monoisotopic (exact) mass is 283 g/mol. The summed E-state index contributed by atoms with van der Waals surface area (Å²) in [5.41, 5.74) is 0. The number of sulfone groups is 1. The Kier molecular flexibility index (Phi) is 7.21. The van der Waals surface area contributed by atoms with Gasteiger partial charge >= 0.3 is 5.97 Å². The van der Waals surface area contributed by atoms with Crippen molar-refractivity contribution < 1.29 is 23.1 Å². The number of nitrogens with one attached hydrogen (secondary N) is 1. The molecule has 0 unspecified atom stereocenters. The molecule has 0 heterocycles. The molecular weight excluding hydrogens is 266 g/mol. The molecule has 2 N–H and O–H groups in total. The Morgan fingerprint density at radius 1 is 1.41 bits per heavy atom. The Hall–Kier alpha value is -0.760. The van der Waals surface area contributed by atoms with E-state index >= 15 is 0 Å². The lowest BCUT2D eigenvalue weighted by atomic mass is 10.3. The van der Waals surface area contributed by atoms with E-state index in [0.717, 1.165) is 12.7 Å². The van der Waals surface area contributed by atoms with Crippen molar-refractivity contribution in [2.45, 2.75) is 19.9 Å². The van der Waals surface area contributed by atoms with E-state index in [0.29, 0.717) is 5.75 Å². The van der Waals surface area contributed by atoms with Crippen molar-refractivity contribution in [2.24, 2.45) is 0 Å². The molecule has 1 atom stereocenters. The lowest BCUT2D eigenvalue weighted by Crippen LogP contribution is -2.45. The molecular formula is C9H17NO5S2. The van der Waals surface area contributed by atoms with Gasteiger partial charge in [-0.25, -0.2) is 13.2 Å². The largest absolute Gasteiger partial charge is 0.480 e. The summed E-state index contributed by atoms with van der Waals surface area (Å²) >= 11 is 1.47. The summed E-state index contributed by atoms with van der Waals surface area (Å²) in [6.07, 6.45) is 0. The van der Waals surface area contributed by atoms with Crippen molar-refractivity contribution in [2.75, 3.05) is 23.0 Å². The molecule has 0 fully saturated rings. The number of hydrogen-bond donors (Lipinski definition) is 2. The van der Waals surface area contributed by atoms with E-state index in [4.69, 9.17) is 5.11 Å². The maximum Gasteiger partial charge on any atom is 0.327 e. The molecule has 0 aromatic carbocycles. The van der Waals surface area contributed by atoms with Crippen LogP contribution in [0.15, 0.2) is 0 Å². The minimum atomic E-state index is -3.46. The number of carboxylic acids is 1. The predicted molar refractivity (Wildman–Crippen MR) is 66.9 cm³/mol. The fourth-order valence-electron chi connectivity index (χ4n) is 1.09. The summed E-state index contributed by atoms with van der Waals surface area (Å²) in [6, 6.07) is -1.37. The van der Waals surface area contributed by atoms with Gasteiger partial charge in [-0.1, -0.05) is 6.92 Å². The molecule has 6 nitrogen and oxygen atoms in total. The fourth-order valence-corrected chi connectivity index (χ4v) is 3.76. The highest BCUT2D eigenvalue weighted by atomic mass is 32.2. The molecule has 0 radical (unpaired) electrons. The van der Waals surface area contributed by atoms with Gasteiger partial charge in [0, 0.05) is 12.7 Å². The molecule has 0 bridgehead atoms. The zero-order valence-electron chi connectivity index (χ0n) is 9.80. The average Bonchev–Trinajstić information content (AvgIpc) is 2.15. The van der Waals surface area contributed by atoms with Crippen molar-refractivity contribution in [3.05, 3.63) is 0 Å². The molecule has 0 spiro atoms. The van der Waals surface area contributed by atoms with E-state index in [1.54, 1.807) is 0 Å². The minimum Gasteiger partial charge on any atom is -0.480 e. The molecule has 0 aliphatic rings. The first-order chi connectivity index (χ1) is 7.78. The predicted octanol–water partition coefficient (Wildman–Crippen LogP) is -0.256. The molecule has 100 valence electrons. The number of amides is 1. The van der Waals surface area contributed by atoms with E-state index in [-0.39, 0.29) is 5.75 Å². The van der Waals surface area contributed by atoms with Gasteiger partial charge in [0.25, 0.3) is 0 Å². The number of thioether (sulfide) groups is 1. The van der Waals surface area contributed by atoms with Crippen LogP contribution in [-0.4, -0.2) is 54.5 Å². The number of rotatable bonds is 8. The molecule has 8 heteroatoms. The Morgan fingerprint density at radius 3 is 2.41 bits per heavy atom. The topological polar surface area (TPSA) is 101 Å². The van der Waals surface area contributed by atoms with E-state index in [2.05, 4.69) is 5.32 Å². The van der Waals surface area contributed by atoms with Crippen LogP contribution in [-0.2, 0) is 19.4 Å². The second-order valence-corrected chi connectivity index (χ2v) is 7.03. The quantitative estimate of drug-likeness (QED) is 0.595. The highest BCUT2D eigenvalue weighted by Gasteiger charge is 2.25. The Labute approximate surface area is 105 Å². The van der Waals surface area contributed by atoms with Gasteiger partial charge in [0.2, 0.25) is 5.91 Å². The van der Waals surface area contributed by atoms with Crippen molar-refractivity contribution in [1.82, 2.24) is 5.32 Å². The molecule has 0 saturated heterocycles. The zero-order valence-corrected chi connectivity index (χ0v) is 11.4. The standard InChI is InChI=1S/C9H17NO5S2/c1-3-16-4-5-17(14,15)6-8(9(12)13)10-7(2)11/h8H,3-6H2,1-2H3,(H,10,11)(H,12,13)/t8-/m0/s1. The normalized spacial score (nSPS) is 13.1. The Balaban J connectivity index is 4.42. The van der Waals surface area contributed by atoms with Crippen molar-refractivity contribution >= 4 is 33.5 Å². The van der Waals surface area contributed by atoms with Crippen LogP contribution in [0.2, 0.25) is 0 Å². The third kappa shape index (κ3) is 8.03. The summed E-state index contributed by atoms with van der Waals surface area (Å²) in [5.74, 6) is -1.29. The van der Waals surface area contributed by atoms with E-state index < -0.39 is 33.5 Å². The SMILES string of the molecule is CCSCCS(=O)(=O)C[C@H](NC(C)=O)C(=O)O. The maximum absolute atomic E-state index is 11.6. The van der Waals surface area contributed by atoms with Gasteiger partial charge in [-0.15, -0.1) is 0 Å². The summed E-state index contributed by atoms with van der Waals surface area (Å²) in [5, 5.41) is 10.9. The minimum absolute atomic E-state index is 0.0745. The summed E-state index contributed by atoms with van der Waals surface area (Å²) in [7, 11) is -3.46. The third-order valence-electron chi connectivity index (χ3n) is 1.84. The van der Waals surface area contributed by atoms with Crippen LogP contribution < -0.4 is 5.32 Å². The molecule has 0 saturated carbocycles. The van der Waals surface area contributed by atoms with Crippen molar-refractivity contribution in [3.8, 4) is 0 Å². The summed E-state index contributed by atoms with van der Waals surface area (Å²) < 4.78 is 23.1. The van der Waals surface area contributed by atoms with Gasteiger partial charge < -0.3 is 10.4 Å². The highest BCUT2D eigenvalue weighted by molar-refractivity contribution is 8.00. The van der Waals surface area contributed by atoms with Gasteiger partial charge in [-0.2, -0.15) is 11.8 Å². The first-order valence-corrected chi connectivity index (χ1v) is 8.04. The van der Waals surface area contributed by atoms with E-state index in [1.165, 1.54) is 11.8 Å². The van der Waals surface area contributed by atoms with Crippen LogP contribution in [0.5, 0.6) is 0 Å². The van der Waals surface area contributed by atoms with Crippen LogP contribution in [0.1, 0.15) is 13.8 Å². The molecule has 0 aliphatic heterocycles. The third-order valence-corrected chi connectivity index (χ3v) is 4.67. The molecule has 0 aromatic rings. The van der Waals surface area contributed by atoms with Gasteiger partial charge in [0.05, 0.1) is 11.5 Å². The molecule has 1 amide bonds. The van der Waals surface area contributed by atoms with Crippen LogP contribution in [0.25, 0.3) is 0 Å². The van der Waals surface area contributed by atoms with Gasteiger partial charge in [-0.05, 0) is 5.75 Å². The maximum atomic E-state index is 11.6. The van der Waals surface area contributed by atoms with Crippen LogP contribution in [0, 0.1) is 0 Å². The molecule has 17 heavy (non-hydrogen) atoms. The first kappa shape index (κ1) is 16.2. The first-order valence-electron chi connectivity index (χ1n) is 5.06. The number of hydrogen-bond acceptors (Lipinski definition) is 5. The summed E-state index contributed by atoms with van der Waals surface area (Å²) in [4.78, 5) is 21.5. The van der Waals surface area contributed by atoms with E-state index in [9.17, 15) is 18.0 Å². The smallest absolute Gasteiger partial charge is 0.327 e. The second-order valence-electron chi connectivity index (χ2n) is 3.40. The number of carbonyl (C=O) groups excluding carboxylic acids is 1. The Bertz CT molecular complexity index is 366. The number of carbonyl (C=O) groups is 2. The number of carboxylic acid groups (broad SMARTS) is 1. The molecule has 0 aromatic heterocycles. The Morgan fingerprint density at radius 2 is 2.00 bits per heavy atom. The lowest BCUT2D eigenvalue weighted by molar-refractivity contribution is -0.140. The van der Waals surface area contributed by atoms with Gasteiger partial charge in [-0.3, -0.25) is 4.79 Å². The molecule has 0 aliphatic carbocycles. The van der Waals surface area contributed by atoms with Crippen LogP contribution >= 0.6 is 11.8 Å². The van der Waals surface area contributed by atoms with Crippen LogP contribution in [0.3, 0.4) is 0 Å². The van der Waals surface area contributed by atoms with Crippen molar-refractivity contribution in [3.63, 3.8) is 0 Å².